The number of hydrogen-bond donors (Lipinski definition) is 1. The smallest absolute Gasteiger partial charge is 0.0965 e. The van der Waals surface area contributed by atoms with Crippen LogP contribution in [0.4, 0.5) is 0 Å². The Bertz CT molecular complexity index is 414. The molecule has 2 heterocycles. The summed E-state index contributed by atoms with van der Waals surface area (Å²) in [6.45, 7) is 14.2. The number of nitrogens with one attached hydrogen (secondary N) is 1. The number of nitrogens with zero attached hydrogens (tertiary/aromatic N) is 5. The van der Waals surface area contributed by atoms with Gasteiger partial charge in [-0.25, -0.2) is 4.68 Å². The molecule has 1 N–H and O–H groups in total. The van der Waals surface area contributed by atoms with Crippen LogP contribution < -0.4 is 5.32 Å². The molecule has 1 aliphatic heterocycles. The zero-order valence-electron chi connectivity index (χ0n) is 14.0. The fourth-order valence-electron chi connectivity index (χ4n) is 2.42. The lowest BCUT2D eigenvalue weighted by molar-refractivity contribution is 0.152. The van der Waals surface area contributed by atoms with E-state index in [0.29, 0.717) is 0 Å². The summed E-state index contributed by atoms with van der Waals surface area (Å²) in [5, 5.41) is 11.9. The molecule has 0 unspecified atom stereocenters. The van der Waals surface area contributed by atoms with Crippen molar-refractivity contribution in [1.29, 1.82) is 0 Å². The summed E-state index contributed by atoms with van der Waals surface area (Å²) in [6.07, 6.45) is 3.23. The molecule has 0 saturated carbocycles. The standard InChI is InChI=1S/C15H30N6/c1-15(2,3)21-13-14(17-18-21)12-16-6-5-7-20-10-8-19(4)9-11-20/h13,16H,5-12H2,1-4H3. The highest BCUT2D eigenvalue weighted by molar-refractivity contribution is 4.93. The van der Waals surface area contributed by atoms with Crippen LogP contribution in [0.15, 0.2) is 6.20 Å². The van der Waals surface area contributed by atoms with E-state index in [0.717, 1.165) is 18.8 Å². The lowest BCUT2D eigenvalue weighted by atomic mass is 10.1. The Balaban J connectivity index is 1.58. The molecule has 0 spiro atoms. The summed E-state index contributed by atoms with van der Waals surface area (Å²) < 4.78 is 1.92. The Morgan fingerprint density at radius 2 is 1.90 bits per heavy atom. The molecular formula is C15H30N6. The van der Waals surface area contributed by atoms with E-state index in [4.69, 9.17) is 0 Å². The minimum Gasteiger partial charge on any atom is -0.311 e. The summed E-state index contributed by atoms with van der Waals surface area (Å²) >= 11 is 0. The van der Waals surface area contributed by atoms with Gasteiger partial charge in [0.15, 0.2) is 0 Å². The molecule has 6 heteroatoms. The second-order valence-corrected chi connectivity index (χ2v) is 7.00. The van der Waals surface area contributed by atoms with Crippen molar-refractivity contribution in [2.75, 3.05) is 46.3 Å². The van der Waals surface area contributed by atoms with Crippen molar-refractivity contribution in [3.05, 3.63) is 11.9 Å². The summed E-state index contributed by atoms with van der Waals surface area (Å²) in [7, 11) is 2.20. The number of piperazine rings is 1. The first kappa shape index (κ1) is 16.4. The van der Waals surface area contributed by atoms with Gasteiger partial charge in [-0.2, -0.15) is 0 Å². The molecule has 0 aromatic carbocycles. The van der Waals surface area contributed by atoms with Gasteiger partial charge in [0, 0.05) is 32.7 Å². The maximum atomic E-state index is 4.21. The van der Waals surface area contributed by atoms with E-state index in [2.05, 4.69) is 53.2 Å². The molecule has 2 rings (SSSR count). The van der Waals surface area contributed by atoms with Crippen molar-refractivity contribution in [2.45, 2.75) is 39.3 Å². The summed E-state index contributed by atoms with van der Waals surface area (Å²) in [6, 6.07) is 0. The van der Waals surface area contributed by atoms with Crippen LogP contribution in [0.2, 0.25) is 0 Å². The molecule has 120 valence electrons. The summed E-state index contributed by atoms with van der Waals surface area (Å²) in [4.78, 5) is 4.95. The second-order valence-electron chi connectivity index (χ2n) is 7.00. The fourth-order valence-corrected chi connectivity index (χ4v) is 2.42. The Morgan fingerprint density at radius 3 is 2.52 bits per heavy atom. The van der Waals surface area contributed by atoms with Crippen LogP contribution in [0, 0.1) is 0 Å². The average Bonchev–Trinajstić information content (AvgIpc) is 2.89. The molecule has 1 aliphatic rings. The van der Waals surface area contributed by atoms with Crippen molar-refractivity contribution in [3.8, 4) is 0 Å². The van der Waals surface area contributed by atoms with Crippen molar-refractivity contribution in [3.63, 3.8) is 0 Å². The van der Waals surface area contributed by atoms with E-state index >= 15 is 0 Å². The highest BCUT2D eigenvalue weighted by Crippen LogP contribution is 2.11. The summed E-state index contributed by atoms with van der Waals surface area (Å²) in [5.41, 5.74) is 1.02. The molecule has 0 aliphatic carbocycles. The SMILES string of the molecule is CN1CCN(CCCNCc2cn(C(C)(C)C)nn2)CC1. The zero-order chi connectivity index (χ0) is 15.3. The van der Waals surface area contributed by atoms with Gasteiger partial charge in [0.05, 0.1) is 17.4 Å². The van der Waals surface area contributed by atoms with Gasteiger partial charge in [-0.05, 0) is 47.3 Å². The third kappa shape index (κ3) is 5.37. The van der Waals surface area contributed by atoms with Crippen molar-refractivity contribution >= 4 is 0 Å². The third-order valence-corrected chi connectivity index (χ3v) is 3.96. The molecular weight excluding hydrogens is 264 g/mol. The van der Waals surface area contributed by atoms with Crippen LogP contribution in [-0.2, 0) is 12.1 Å². The monoisotopic (exact) mass is 294 g/mol. The van der Waals surface area contributed by atoms with E-state index in [9.17, 15) is 0 Å². The van der Waals surface area contributed by atoms with E-state index in [-0.39, 0.29) is 5.54 Å². The minimum atomic E-state index is 0.00662. The van der Waals surface area contributed by atoms with Gasteiger partial charge in [-0.3, -0.25) is 0 Å². The second kappa shape index (κ2) is 7.33. The van der Waals surface area contributed by atoms with Gasteiger partial charge in [-0.15, -0.1) is 5.10 Å². The molecule has 21 heavy (non-hydrogen) atoms. The Kier molecular flexibility index (Phi) is 5.72. The quantitative estimate of drug-likeness (QED) is 0.785. The first-order chi connectivity index (χ1) is 9.95. The maximum Gasteiger partial charge on any atom is 0.0965 e. The first-order valence-corrected chi connectivity index (χ1v) is 7.98. The van der Waals surface area contributed by atoms with Crippen LogP contribution in [0.5, 0.6) is 0 Å². The Morgan fingerprint density at radius 1 is 1.19 bits per heavy atom. The predicted molar refractivity (Wildman–Crippen MR) is 85.3 cm³/mol. The van der Waals surface area contributed by atoms with Crippen LogP contribution >= 0.6 is 0 Å². The van der Waals surface area contributed by atoms with Gasteiger partial charge in [0.25, 0.3) is 0 Å². The average molecular weight is 294 g/mol. The van der Waals surface area contributed by atoms with E-state index < -0.39 is 0 Å². The van der Waals surface area contributed by atoms with Crippen LogP contribution in [0.3, 0.4) is 0 Å². The highest BCUT2D eigenvalue weighted by Gasteiger charge is 2.15. The van der Waals surface area contributed by atoms with Gasteiger partial charge in [0.2, 0.25) is 0 Å². The Hall–Kier alpha value is -0.980. The number of hydrogen-bond acceptors (Lipinski definition) is 5. The lowest BCUT2D eigenvalue weighted by Gasteiger charge is -2.32. The topological polar surface area (TPSA) is 49.2 Å². The summed E-state index contributed by atoms with van der Waals surface area (Å²) in [5.74, 6) is 0. The van der Waals surface area contributed by atoms with Crippen molar-refractivity contribution in [2.24, 2.45) is 0 Å². The normalized spacial score (nSPS) is 18.3. The molecule has 6 nitrogen and oxygen atoms in total. The lowest BCUT2D eigenvalue weighted by Crippen LogP contribution is -2.45. The van der Waals surface area contributed by atoms with Crippen molar-refractivity contribution in [1.82, 2.24) is 30.1 Å². The van der Waals surface area contributed by atoms with Crippen molar-refractivity contribution < 1.29 is 0 Å². The zero-order valence-corrected chi connectivity index (χ0v) is 14.0. The van der Waals surface area contributed by atoms with Crippen LogP contribution in [0.25, 0.3) is 0 Å². The number of rotatable bonds is 6. The molecule has 1 aromatic heterocycles. The van der Waals surface area contributed by atoms with E-state index in [1.165, 1.54) is 39.1 Å². The van der Waals surface area contributed by atoms with Gasteiger partial charge in [0.1, 0.15) is 0 Å². The van der Waals surface area contributed by atoms with Crippen LogP contribution in [-0.4, -0.2) is 71.1 Å². The van der Waals surface area contributed by atoms with Gasteiger partial charge >= 0.3 is 0 Å². The third-order valence-electron chi connectivity index (χ3n) is 3.96. The van der Waals surface area contributed by atoms with E-state index in [1.807, 2.05) is 10.9 Å². The highest BCUT2D eigenvalue weighted by atomic mass is 15.4. The maximum absolute atomic E-state index is 4.21. The predicted octanol–water partition coefficient (Wildman–Crippen LogP) is 0.760. The van der Waals surface area contributed by atoms with Crippen LogP contribution in [0.1, 0.15) is 32.9 Å². The largest absolute Gasteiger partial charge is 0.311 e. The molecule has 1 aromatic rings. The molecule has 0 amide bonds. The molecule has 1 fully saturated rings. The minimum absolute atomic E-state index is 0.00662. The van der Waals surface area contributed by atoms with Gasteiger partial charge < -0.3 is 15.1 Å². The van der Waals surface area contributed by atoms with E-state index in [1.54, 1.807) is 0 Å². The fraction of sp³-hybridized carbons (Fsp3) is 0.867. The molecule has 0 bridgehead atoms. The Labute approximate surface area is 128 Å². The molecule has 1 saturated heterocycles. The number of aromatic nitrogens is 3. The number of likely N-dealkylation sites (N-methyl/N-ethyl adjacent to an activating group) is 1. The van der Waals surface area contributed by atoms with Gasteiger partial charge in [-0.1, -0.05) is 5.21 Å². The molecule has 0 atom stereocenters. The first-order valence-electron chi connectivity index (χ1n) is 7.98. The molecule has 0 radical (unpaired) electrons.